The minimum Gasteiger partial charge on any atom is -0.377 e. The molecular weight excluding hydrogens is 252 g/mol. The van der Waals surface area contributed by atoms with Gasteiger partial charge < -0.3 is 15.0 Å². The van der Waals surface area contributed by atoms with Crippen LogP contribution < -0.4 is 5.73 Å². The van der Waals surface area contributed by atoms with Gasteiger partial charge in [0.05, 0.1) is 29.9 Å². The summed E-state index contributed by atoms with van der Waals surface area (Å²) in [5.74, 6) is 0.505. The highest BCUT2D eigenvalue weighted by molar-refractivity contribution is 6.02. The molecule has 0 amide bonds. The molecule has 20 heavy (non-hydrogen) atoms. The second kappa shape index (κ2) is 5.09. The summed E-state index contributed by atoms with van der Waals surface area (Å²) in [5, 5.41) is 1.07. The molecule has 0 radical (unpaired) electrons. The fourth-order valence-corrected chi connectivity index (χ4v) is 2.39. The summed E-state index contributed by atoms with van der Waals surface area (Å²) < 4.78 is 7.61. The zero-order valence-electron chi connectivity index (χ0n) is 11.7. The summed E-state index contributed by atoms with van der Waals surface area (Å²) in [5.41, 5.74) is 8.83. The number of pyridine rings is 1. The molecular formula is C15H18N4O. The van der Waals surface area contributed by atoms with E-state index in [9.17, 15) is 0 Å². The molecule has 0 spiro atoms. The Bertz CT molecular complexity index is 748. The number of nitrogens with zero attached hydrogens (tertiary/aromatic N) is 3. The number of ether oxygens (including phenoxy) is 1. The van der Waals surface area contributed by atoms with E-state index in [0.29, 0.717) is 19.1 Å². The van der Waals surface area contributed by atoms with E-state index < -0.39 is 0 Å². The van der Waals surface area contributed by atoms with Crippen LogP contribution in [-0.4, -0.2) is 27.2 Å². The van der Waals surface area contributed by atoms with Crippen molar-refractivity contribution in [2.45, 2.75) is 26.5 Å². The Morgan fingerprint density at radius 2 is 2.05 bits per heavy atom. The molecule has 0 saturated carbocycles. The third kappa shape index (κ3) is 2.20. The first-order chi connectivity index (χ1) is 9.66. The van der Waals surface area contributed by atoms with Crippen LogP contribution in [-0.2, 0) is 11.3 Å². The number of imidazole rings is 1. The molecule has 2 aromatic heterocycles. The second-order valence-corrected chi connectivity index (χ2v) is 5.05. The zero-order valence-corrected chi connectivity index (χ0v) is 11.7. The van der Waals surface area contributed by atoms with Crippen LogP contribution in [0.2, 0.25) is 0 Å². The first-order valence-corrected chi connectivity index (χ1v) is 6.78. The highest BCUT2D eigenvalue weighted by Crippen LogP contribution is 2.25. The van der Waals surface area contributed by atoms with Crippen molar-refractivity contribution in [3.63, 3.8) is 0 Å². The van der Waals surface area contributed by atoms with Crippen LogP contribution in [0.25, 0.3) is 21.9 Å². The number of benzene rings is 1. The van der Waals surface area contributed by atoms with E-state index in [-0.39, 0.29) is 6.10 Å². The topological polar surface area (TPSA) is 66.0 Å². The van der Waals surface area contributed by atoms with E-state index in [2.05, 4.69) is 9.97 Å². The van der Waals surface area contributed by atoms with Gasteiger partial charge in [-0.05, 0) is 19.9 Å². The molecule has 0 fully saturated rings. The number of hydrogen-bond donors (Lipinski definition) is 1. The maximum Gasteiger partial charge on any atom is 0.201 e. The number of rotatable bonds is 4. The number of para-hydroxylation sites is 1. The largest absolute Gasteiger partial charge is 0.377 e. The fraction of sp³-hybridized carbons (Fsp3) is 0.333. The highest BCUT2D eigenvalue weighted by Gasteiger charge is 2.12. The first-order valence-electron chi connectivity index (χ1n) is 6.78. The minimum atomic E-state index is 0.212. The van der Waals surface area contributed by atoms with Gasteiger partial charge in [0.2, 0.25) is 5.95 Å². The second-order valence-electron chi connectivity index (χ2n) is 5.05. The molecule has 0 saturated heterocycles. The summed E-state index contributed by atoms with van der Waals surface area (Å²) in [7, 11) is 0. The Hall–Kier alpha value is -2.14. The van der Waals surface area contributed by atoms with Crippen molar-refractivity contribution in [1.82, 2.24) is 14.5 Å². The average Bonchev–Trinajstić information content (AvgIpc) is 2.75. The van der Waals surface area contributed by atoms with Crippen LogP contribution in [0, 0.1) is 0 Å². The summed E-state index contributed by atoms with van der Waals surface area (Å²) >= 11 is 0. The van der Waals surface area contributed by atoms with Gasteiger partial charge in [0.25, 0.3) is 0 Å². The summed E-state index contributed by atoms with van der Waals surface area (Å²) in [6, 6.07) is 8.02. The molecule has 5 nitrogen and oxygen atoms in total. The Kier molecular flexibility index (Phi) is 3.28. The average molecular weight is 270 g/mol. The summed E-state index contributed by atoms with van der Waals surface area (Å²) in [4.78, 5) is 8.79. The minimum absolute atomic E-state index is 0.212. The van der Waals surface area contributed by atoms with E-state index in [0.717, 1.165) is 21.9 Å². The lowest BCUT2D eigenvalue weighted by molar-refractivity contribution is 0.0736. The standard InChI is InChI=1S/C15H18N4O/c1-10(2)20-8-7-19-14-11-5-3-4-6-12(11)17-9-13(14)18-15(19)16/h3-6,9-10H,7-8H2,1-2H3,(H2,16,18). The molecule has 0 atom stereocenters. The van der Waals surface area contributed by atoms with Crippen molar-refractivity contribution in [2.24, 2.45) is 0 Å². The lowest BCUT2D eigenvalue weighted by Gasteiger charge is -2.10. The zero-order chi connectivity index (χ0) is 14.1. The molecule has 1 aromatic carbocycles. The number of hydrogen-bond acceptors (Lipinski definition) is 4. The molecule has 0 aliphatic rings. The lowest BCUT2D eigenvalue weighted by atomic mass is 10.2. The van der Waals surface area contributed by atoms with Crippen LogP contribution in [0.15, 0.2) is 30.5 Å². The van der Waals surface area contributed by atoms with E-state index in [1.807, 2.05) is 42.7 Å². The molecule has 3 aromatic rings. The lowest BCUT2D eigenvalue weighted by Crippen LogP contribution is -2.12. The van der Waals surface area contributed by atoms with Gasteiger partial charge in [-0.25, -0.2) is 4.98 Å². The van der Waals surface area contributed by atoms with Gasteiger partial charge in [-0.2, -0.15) is 0 Å². The quantitative estimate of drug-likeness (QED) is 0.791. The Morgan fingerprint density at radius 1 is 1.25 bits per heavy atom. The number of nitrogen functional groups attached to an aromatic ring is 1. The molecule has 5 heteroatoms. The van der Waals surface area contributed by atoms with Gasteiger partial charge in [-0.1, -0.05) is 18.2 Å². The third-order valence-electron chi connectivity index (χ3n) is 3.28. The van der Waals surface area contributed by atoms with Crippen molar-refractivity contribution >= 4 is 27.9 Å². The molecule has 2 heterocycles. The predicted molar refractivity (Wildman–Crippen MR) is 80.5 cm³/mol. The van der Waals surface area contributed by atoms with Crippen LogP contribution in [0.1, 0.15) is 13.8 Å². The van der Waals surface area contributed by atoms with Crippen molar-refractivity contribution in [2.75, 3.05) is 12.3 Å². The Labute approximate surface area is 117 Å². The van der Waals surface area contributed by atoms with Gasteiger partial charge >= 0.3 is 0 Å². The van der Waals surface area contributed by atoms with E-state index in [1.165, 1.54) is 0 Å². The normalized spacial score (nSPS) is 11.8. The molecule has 0 aliphatic heterocycles. The molecule has 0 unspecified atom stereocenters. The van der Waals surface area contributed by atoms with E-state index >= 15 is 0 Å². The maximum atomic E-state index is 6.03. The molecule has 2 N–H and O–H groups in total. The molecule has 0 aliphatic carbocycles. The monoisotopic (exact) mass is 270 g/mol. The number of aromatic nitrogens is 3. The van der Waals surface area contributed by atoms with Crippen LogP contribution in [0.4, 0.5) is 5.95 Å². The van der Waals surface area contributed by atoms with Crippen LogP contribution in [0.5, 0.6) is 0 Å². The third-order valence-corrected chi connectivity index (χ3v) is 3.28. The Morgan fingerprint density at radius 3 is 2.85 bits per heavy atom. The van der Waals surface area contributed by atoms with Gasteiger partial charge in [0.1, 0.15) is 5.52 Å². The molecule has 0 bridgehead atoms. The number of anilines is 1. The number of nitrogens with two attached hydrogens (primary N) is 1. The van der Waals surface area contributed by atoms with Crippen molar-refractivity contribution in [3.05, 3.63) is 30.5 Å². The molecule has 104 valence electrons. The van der Waals surface area contributed by atoms with Crippen LogP contribution >= 0.6 is 0 Å². The summed E-state index contributed by atoms with van der Waals surface area (Å²) in [6.07, 6.45) is 1.98. The van der Waals surface area contributed by atoms with E-state index in [1.54, 1.807) is 6.20 Å². The SMILES string of the molecule is CC(C)OCCn1c(N)nc2cnc3ccccc3c21. The van der Waals surface area contributed by atoms with Gasteiger partial charge in [0.15, 0.2) is 0 Å². The van der Waals surface area contributed by atoms with Crippen LogP contribution in [0.3, 0.4) is 0 Å². The van der Waals surface area contributed by atoms with Crippen molar-refractivity contribution in [3.8, 4) is 0 Å². The van der Waals surface area contributed by atoms with Gasteiger partial charge in [0, 0.05) is 11.9 Å². The fourth-order valence-electron chi connectivity index (χ4n) is 2.39. The predicted octanol–water partition coefficient (Wildman–Crippen LogP) is 2.59. The van der Waals surface area contributed by atoms with Gasteiger partial charge in [-0.3, -0.25) is 4.98 Å². The Balaban J connectivity index is 2.10. The first kappa shape index (κ1) is 12.9. The maximum absolute atomic E-state index is 6.03. The van der Waals surface area contributed by atoms with Gasteiger partial charge in [-0.15, -0.1) is 0 Å². The summed E-state index contributed by atoms with van der Waals surface area (Å²) in [6.45, 7) is 5.35. The number of fused-ring (bicyclic) bond motifs is 3. The van der Waals surface area contributed by atoms with Crippen molar-refractivity contribution < 1.29 is 4.74 Å². The van der Waals surface area contributed by atoms with Crippen molar-refractivity contribution in [1.29, 1.82) is 0 Å². The van der Waals surface area contributed by atoms with E-state index in [4.69, 9.17) is 10.5 Å². The highest BCUT2D eigenvalue weighted by atomic mass is 16.5. The molecule has 3 rings (SSSR count). The smallest absolute Gasteiger partial charge is 0.201 e.